The number of carbonyl (C=O) groups excluding carboxylic acids is 1. The highest BCUT2D eigenvalue weighted by atomic mass is 79.9. The molecule has 24 heavy (non-hydrogen) atoms. The van der Waals surface area contributed by atoms with Gasteiger partial charge in [-0.15, -0.1) is 11.3 Å². The first-order chi connectivity index (χ1) is 11.7. The van der Waals surface area contributed by atoms with E-state index < -0.39 is 0 Å². The molecule has 4 rings (SSSR count). The average Bonchev–Trinajstić information content (AvgIpc) is 3.19. The molecule has 1 N–H and O–H groups in total. The Labute approximate surface area is 150 Å². The Morgan fingerprint density at radius 1 is 1.08 bits per heavy atom. The van der Waals surface area contributed by atoms with E-state index in [9.17, 15) is 4.79 Å². The van der Waals surface area contributed by atoms with E-state index in [0.29, 0.717) is 11.4 Å². The van der Waals surface area contributed by atoms with E-state index in [4.69, 9.17) is 0 Å². The predicted octanol–water partition coefficient (Wildman–Crippen LogP) is 5.08. The van der Waals surface area contributed by atoms with Gasteiger partial charge in [0, 0.05) is 27.2 Å². The molecule has 2 heterocycles. The van der Waals surface area contributed by atoms with Crippen molar-refractivity contribution in [3.8, 4) is 11.3 Å². The molecule has 118 valence electrons. The molecule has 2 aromatic carbocycles. The van der Waals surface area contributed by atoms with Gasteiger partial charge in [0.05, 0.1) is 0 Å². The van der Waals surface area contributed by atoms with Gasteiger partial charge < -0.3 is 5.32 Å². The van der Waals surface area contributed by atoms with E-state index in [1.807, 2.05) is 58.4 Å². The zero-order valence-corrected chi connectivity index (χ0v) is 14.8. The third-order valence-electron chi connectivity index (χ3n) is 3.65. The molecule has 6 heteroatoms. The summed E-state index contributed by atoms with van der Waals surface area (Å²) in [5.41, 5.74) is 2.34. The molecule has 0 aliphatic heterocycles. The van der Waals surface area contributed by atoms with Crippen LogP contribution in [0.4, 0.5) is 5.82 Å². The summed E-state index contributed by atoms with van der Waals surface area (Å²) in [4.78, 5) is 18.1. The summed E-state index contributed by atoms with van der Waals surface area (Å²) in [5, 5.41) is 4.96. The Morgan fingerprint density at radius 2 is 1.83 bits per heavy atom. The molecule has 1 amide bonds. The van der Waals surface area contributed by atoms with Crippen molar-refractivity contribution < 1.29 is 4.79 Å². The number of aromatic nitrogens is 2. The number of hydrogen-bond acceptors (Lipinski definition) is 3. The fraction of sp³-hybridized carbons (Fsp3) is 0. The number of benzene rings is 2. The molecule has 0 saturated carbocycles. The number of amides is 1. The SMILES string of the molecule is O=C(Nc1c(-c2ccccc2)nc2sccn12)c1ccc(Br)cc1. The molecule has 0 fully saturated rings. The first-order valence-electron chi connectivity index (χ1n) is 7.30. The van der Waals surface area contributed by atoms with Crippen LogP contribution in [0.25, 0.3) is 16.2 Å². The van der Waals surface area contributed by atoms with Crippen molar-refractivity contribution in [2.45, 2.75) is 0 Å². The number of imidazole rings is 1. The number of nitrogens with one attached hydrogen (secondary N) is 1. The monoisotopic (exact) mass is 397 g/mol. The lowest BCUT2D eigenvalue weighted by Gasteiger charge is -2.07. The Bertz CT molecular complexity index is 1010. The first-order valence-corrected chi connectivity index (χ1v) is 8.97. The summed E-state index contributed by atoms with van der Waals surface area (Å²) in [5.74, 6) is 0.526. The molecule has 4 aromatic rings. The number of carbonyl (C=O) groups is 1. The molecule has 0 radical (unpaired) electrons. The van der Waals surface area contributed by atoms with Gasteiger partial charge in [0.15, 0.2) is 4.96 Å². The molecular weight excluding hydrogens is 386 g/mol. The first kappa shape index (κ1) is 15.1. The van der Waals surface area contributed by atoms with Crippen LogP contribution in [0, 0.1) is 0 Å². The van der Waals surface area contributed by atoms with Crippen molar-refractivity contribution in [3.63, 3.8) is 0 Å². The van der Waals surface area contributed by atoms with Gasteiger partial charge in [0.1, 0.15) is 11.5 Å². The Balaban J connectivity index is 1.76. The van der Waals surface area contributed by atoms with E-state index in [-0.39, 0.29) is 5.91 Å². The largest absolute Gasteiger partial charge is 0.306 e. The van der Waals surface area contributed by atoms with Crippen molar-refractivity contribution in [2.24, 2.45) is 0 Å². The third kappa shape index (κ3) is 2.74. The van der Waals surface area contributed by atoms with Crippen LogP contribution in [-0.4, -0.2) is 15.3 Å². The molecule has 0 bridgehead atoms. The number of thiazole rings is 1. The lowest BCUT2D eigenvalue weighted by molar-refractivity contribution is 0.102. The van der Waals surface area contributed by atoms with Crippen LogP contribution in [0.3, 0.4) is 0 Å². The fourth-order valence-corrected chi connectivity index (χ4v) is 3.46. The van der Waals surface area contributed by atoms with Crippen molar-refractivity contribution in [1.29, 1.82) is 0 Å². The fourth-order valence-electron chi connectivity index (χ4n) is 2.48. The van der Waals surface area contributed by atoms with Crippen molar-refractivity contribution in [3.05, 3.63) is 76.2 Å². The van der Waals surface area contributed by atoms with Crippen LogP contribution in [0.15, 0.2) is 70.6 Å². The Hall–Kier alpha value is -2.44. The zero-order valence-electron chi connectivity index (χ0n) is 12.4. The van der Waals surface area contributed by atoms with Gasteiger partial charge in [0.25, 0.3) is 5.91 Å². The zero-order chi connectivity index (χ0) is 16.5. The Morgan fingerprint density at radius 3 is 2.58 bits per heavy atom. The second-order valence-corrected chi connectivity index (χ2v) is 6.98. The summed E-state index contributed by atoms with van der Waals surface area (Å²) < 4.78 is 2.85. The van der Waals surface area contributed by atoms with Crippen molar-refractivity contribution in [2.75, 3.05) is 5.32 Å². The quantitative estimate of drug-likeness (QED) is 0.523. The smallest absolute Gasteiger partial charge is 0.256 e. The van der Waals surface area contributed by atoms with Crippen LogP contribution in [0.1, 0.15) is 10.4 Å². The van der Waals surface area contributed by atoms with Gasteiger partial charge in [-0.1, -0.05) is 46.3 Å². The minimum absolute atomic E-state index is 0.160. The number of anilines is 1. The molecule has 0 aliphatic rings. The van der Waals surface area contributed by atoms with E-state index in [2.05, 4.69) is 26.2 Å². The van der Waals surface area contributed by atoms with Gasteiger partial charge in [-0.05, 0) is 24.3 Å². The summed E-state index contributed by atoms with van der Waals surface area (Å²) in [6.07, 6.45) is 1.91. The lowest BCUT2D eigenvalue weighted by Crippen LogP contribution is -2.13. The maximum Gasteiger partial charge on any atom is 0.256 e. The molecule has 0 atom stereocenters. The predicted molar refractivity (Wildman–Crippen MR) is 101 cm³/mol. The van der Waals surface area contributed by atoms with Gasteiger partial charge >= 0.3 is 0 Å². The number of nitrogens with zero attached hydrogens (tertiary/aromatic N) is 2. The second-order valence-electron chi connectivity index (χ2n) is 5.19. The molecule has 0 unspecified atom stereocenters. The van der Waals surface area contributed by atoms with Gasteiger partial charge in [-0.3, -0.25) is 9.20 Å². The van der Waals surface area contributed by atoms with Crippen molar-refractivity contribution in [1.82, 2.24) is 9.38 Å². The van der Waals surface area contributed by atoms with Crippen LogP contribution in [0.5, 0.6) is 0 Å². The third-order valence-corrected chi connectivity index (χ3v) is 4.93. The van der Waals surface area contributed by atoms with E-state index in [1.54, 1.807) is 12.1 Å². The molecule has 2 aromatic heterocycles. The lowest BCUT2D eigenvalue weighted by atomic mass is 10.1. The average molecular weight is 398 g/mol. The maximum atomic E-state index is 12.6. The van der Waals surface area contributed by atoms with Crippen LogP contribution < -0.4 is 5.32 Å². The summed E-state index contributed by atoms with van der Waals surface area (Å²) in [6, 6.07) is 17.1. The summed E-state index contributed by atoms with van der Waals surface area (Å²) in [6.45, 7) is 0. The van der Waals surface area contributed by atoms with Gasteiger partial charge in [-0.2, -0.15) is 0 Å². The number of hydrogen-bond donors (Lipinski definition) is 1. The van der Waals surface area contributed by atoms with Gasteiger partial charge in [0.2, 0.25) is 0 Å². The molecule has 4 nitrogen and oxygen atoms in total. The van der Waals surface area contributed by atoms with Gasteiger partial charge in [-0.25, -0.2) is 4.98 Å². The highest BCUT2D eigenvalue weighted by Gasteiger charge is 2.17. The second kappa shape index (κ2) is 6.22. The van der Waals surface area contributed by atoms with E-state index in [1.165, 1.54) is 11.3 Å². The number of rotatable bonds is 3. The minimum atomic E-state index is -0.160. The highest BCUT2D eigenvalue weighted by molar-refractivity contribution is 9.10. The number of fused-ring (bicyclic) bond motifs is 1. The normalized spacial score (nSPS) is 10.9. The van der Waals surface area contributed by atoms with Crippen LogP contribution >= 0.6 is 27.3 Å². The molecule has 0 spiro atoms. The van der Waals surface area contributed by atoms with Crippen LogP contribution in [0.2, 0.25) is 0 Å². The maximum absolute atomic E-state index is 12.6. The summed E-state index contributed by atoms with van der Waals surface area (Å²) >= 11 is 4.92. The van der Waals surface area contributed by atoms with E-state index >= 15 is 0 Å². The van der Waals surface area contributed by atoms with E-state index in [0.717, 1.165) is 20.7 Å². The molecule has 0 saturated heterocycles. The minimum Gasteiger partial charge on any atom is -0.306 e. The van der Waals surface area contributed by atoms with Crippen LogP contribution in [-0.2, 0) is 0 Å². The van der Waals surface area contributed by atoms with Crippen molar-refractivity contribution >= 4 is 44.0 Å². The Kier molecular flexibility index (Phi) is 3.92. The topological polar surface area (TPSA) is 46.4 Å². The standard InChI is InChI=1S/C18H12BrN3OS/c19-14-8-6-13(7-9-14)17(23)21-16-15(12-4-2-1-3-5-12)20-18-22(16)10-11-24-18/h1-11H,(H,21,23). The number of halogens is 1. The molecule has 0 aliphatic carbocycles. The summed E-state index contributed by atoms with van der Waals surface area (Å²) in [7, 11) is 0. The highest BCUT2D eigenvalue weighted by Crippen LogP contribution is 2.30. The molecular formula is C18H12BrN3OS.